The molecule has 3 aromatic rings. The third-order valence-corrected chi connectivity index (χ3v) is 5.55. The Morgan fingerprint density at radius 1 is 0.900 bits per heavy atom. The molecule has 0 atom stereocenters. The fourth-order valence-corrected chi connectivity index (χ4v) is 3.99. The molecule has 2 heterocycles. The number of hydrogen-bond acceptors (Lipinski definition) is 6. The predicted octanol–water partition coefficient (Wildman–Crippen LogP) is 5.12. The molecule has 0 unspecified atom stereocenters. The Hall–Kier alpha value is -3.18. The van der Waals surface area contributed by atoms with Crippen LogP contribution in [-0.2, 0) is 10.9 Å². The molecule has 0 bridgehead atoms. The lowest BCUT2D eigenvalue weighted by atomic mass is 10.1. The minimum Gasteiger partial charge on any atom is -0.465 e. The van der Waals surface area contributed by atoms with E-state index in [2.05, 4.69) is 15.4 Å². The highest BCUT2D eigenvalue weighted by Crippen LogP contribution is 2.31. The lowest BCUT2D eigenvalue weighted by Gasteiger charge is -2.10. The number of thiophene rings is 2. The Morgan fingerprint density at radius 2 is 1.50 bits per heavy atom. The van der Waals surface area contributed by atoms with Crippen molar-refractivity contribution in [3.63, 3.8) is 0 Å². The summed E-state index contributed by atoms with van der Waals surface area (Å²) in [6.45, 7) is 0. The predicted molar refractivity (Wildman–Crippen MR) is 107 cm³/mol. The Bertz CT molecular complexity index is 1110. The zero-order valence-electron chi connectivity index (χ0n) is 15.2. The van der Waals surface area contributed by atoms with E-state index in [0.717, 1.165) is 40.9 Å². The number of amides is 2. The summed E-state index contributed by atoms with van der Waals surface area (Å²) in [5.41, 5.74) is -0.867. The van der Waals surface area contributed by atoms with Crippen molar-refractivity contribution < 1.29 is 32.3 Å². The second kappa shape index (κ2) is 8.67. The van der Waals surface area contributed by atoms with E-state index in [-0.39, 0.29) is 26.7 Å². The average Bonchev–Trinajstić information content (AvgIpc) is 3.36. The topological polar surface area (TPSA) is 84.5 Å². The van der Waals surface area contributed by atoms with Gasteiger partial charge >= 0.3 is 12.1 Å². The molecule has 0 fully saturated rings. The summed E-state index contributed by atoms with van der Waals surface area (Å²) in [4.78, 5) is 36.7. The molecule has 2 N–H and O–H groups in total. The molecule has 0 saturated carbocycles. The number of alkyl halides is 3. The Morgan fingerprint density at radius 3 is 2.13 bits per heavy atom. The third kappa shape index (κ3) is 4.69. The molecule has 0 aliphatic rings. The van der Waals surface area contributed by atoms with Crippen LogP contribution in [0.25, 0.3) is 0 Å². The SMILES string of the molecule is COC(=O)c1ccsc1NC(=O)c1ccsc1NC(=O)c1cccc(C(F)(F)F)c1. The van der Waals surface area contributed by atoms with Crippen LogP contribution in [0.15, 0.2) is 47.2 Å². The fourth-order valence-electron chi connectivity index (χ4n) is 2.44. The number of anilines is 2. The van der Waals surface area contributed by atoms with Crippen LogP contribution in [0.5, 0.6) is 0 Å². The first-order valence-corrected chi connectivity index (χ1v) is 10.00. The van der Waals surface area contributed by atoms with E-state index in [4.69, 9.17) is 0 Å². The number of nitrogens with one attached hydrogen (secondary N) is 2. The fraction of sp³-hybridized carbons (Fsp3) is 0.105. The van der Waals surface area contributed by atoms with E-state index in [1.807, 2.05) is 0 Å². The number of ether oxygens (including phenoxy) is 1. The number of rotatable bonds is 5. The number of esters is 1. The Kier molecular flexibility index (Phi) is 6.22. The first-order chi connectivity index (χ1) is 14.2. The van der Waals surface area contributed by atoms with Crippen LogP contribution in [0.2, 0.25) is 0 Å². The smallest absolute Gasteiger partial charge is 0.416 e. The number of carbonyl (C=O) groups excluding carboxylic acids is 3. The van der Waals surface area contributed by atoms with Gasteiger partial charge in [0.05, 0.1) is 23.8 Å². The summed E-state index contributed by atoms with van der Waals surface area (Å²) in [5.74, 6) is -2.00. The summed E-state index contributed by atoms with van der Waals surface area (Å²) in [6, 6.07) is 6.91. The zero-order chi connectivity index (χ0) is 21.9. The first-order valence-electron chi connectivity index (χ1n) is 8.24. The van der Waals surface area contributed by atoms with E-state index in [0.29, 0.717) is 0 Å². The monoisotopic (exact) mass is 454 g/mol. The van der Waals surface area contributed by atoms with Crippen molar-refractivity contribution in [3.8, 4) is 0 Å². The Balaban J connectivity index is 1.77. The maximum atomic E-state index is 12.9. The van der Waals surface area contributed by atoms with Crippen molar-refractivity contribution in [2.24, 2.45) is 0 Å². The second-order valence-electron chi connectivity index (χ2n) is 5.81. The third-order valence-electron chi connectivity index (χ3n) is 3.89. The average molecular weight is 454 g/mol. The van der Waals surface area contributed by atoms with Gasteiger partial charge in [-0.25, -0.2) is 4.79 Å². The second-order valence-corrected chi connectivity index (χ2v) is 7.64. The van der Waals surface area contributed by atoms with Crippen molar-refractivity contribution in [3.05, 3.63) is 69.4 Å². The normalized spacial score (nSPS) is 11.1. The van der Waals surface area contributed by atoms with Crippen molar-refractivity contribution >= 4 is 50.5 Å². The van der Waals surface area contributed by atoms with Crippen molar-refractivity contribution in [2.75, 3.05) is 17.7 Å². The van der Waals surface area contributed by atoms with Gasteiger partial charge in [0.2, 0.25) is 0 Å². The van der Waals surface area contributed by atoms with Gasteiger partial charge in [0.1, 0.15) is 10.0 Å². The molecule has 1 aromatic carbocycles. The molecule has 156 valence electrons. The van der Waals surface area contributed by atoms with Crippen LogP contribution < -0.4 is 10.6 Å². The highest BCUT2D eigenvalue weighted by Gasteiger charge is 2.31. The molecule has 0 spiro atoms. The summed E-state index contributed by atoms with van der Waals surface area (Å²) >= 11 is 2.15. The lowest BCUT2D eigenvalue weighted by Crippen LogP contribution is -2.18. The van der Waals surface area contributed by atoms with E-state index in [9.17, 15) is 27.6 Å². The molecule has 0 saturated heterocycles. The molecule has 0 radical (unpaired) electrons. The van der Waals surface area contributed by atoms with E-state index in [1.165, 1.54) is 25.3 Å². The summed E-state index contributed by atoms with van der Waals surface area (Å²) in [7, 11) is 1.21. The van der Waals surface area contributed by atoms with Crippen molar-refractivity contribution in [2.45, 2.75) is 6.18 Å². The molecule has 6 nitrogen and oxygen atoms in total. The van der Waals surface area contributed by atoms with Crippen LogP contribution >= 0.6 is 22.7 Å². The van der Waals surface area contributed by atoms with Gasteiger partial charge in [-0.05, 0) is 41.1 Å². The Labute approximate surface area is 176 Å². The molecule has 3 rings (SSSR count). The van der Waals surface area contributed by atoms with Gasteiger partial charge in [-0.15, -0.1) is 22.7 Å². The maximum Gasteiger partial charge on any atom is 0.416 e. The minimum atomic E-state index is -4.58. The van der Waals surface area contributed by atoms with E-state index >= 15 is 0 Å². The van der Waals surface area contributed by atoms with E-state index in [1.54, 1.807) is 10.8 Å². The first kappa shape index (κ1) is 21.5. The standard InChI is InChI=1S/C19H13F3N2O4S2/c1-28-18(27)13-6-8-30-17(13)24-15(26)12-5-7-29-16(12)23-14(25)10-3-2-4-11(9-10)19(20,21)22/h2-9H,1H3,(H,23,25)(H,24,26). The van der Waals surface area contributed by atoms with Gasteiger partial charge < -0.3 is 15.4 Å². The van der Waals surface area contributed by atoms with Gasteiger partial charge in [-0.3, -0.25) is 9.59 Å². The van der Waals surface area contributed by atoms with Crippen LogP contribution in [0, 0.1) is 0 Å². The van der Waals surface area contributed by atoms with Gasteiger partial charge in [0, 0.05) is 5.56 Å². The highest BCUT2D eigenvalue weighted by atomic mass is 32.1. The lowest BCUT2D eigenvalue weighted by molar-refractivity contribution is -0.137. The van der Waals surface area contributed by atoms with Crippen LogP contribution in [0.3, 0.4) is 0 Å². The number of hydrogen-bond donors (Lipinski definition) is 2. The van der Waals surface area contributed by atoms with Gasteiger partial charge in [0.25, 0.3) is 11.8 Å². The molecule has 11 heteroatoms. The highest BCUT2D eigenvalue weighted by molar-refractivity contribution is 7.15. The molecule has 2 aromatic heterocycles. The summed E-state index contributed by atoms with van der Waals surface area (Å²) in [5, 5.41) is 8.61. The molecule has 2 amide bonds. The summed E-state index contributed by atoms with van der Waals surface area (Å²) in [6.07, 6.45) is -4.58. The van der Waals surface area contributed by atoms with Crippen LogP contribution in [0.4, 0.5) is 23.2 Å². The molecule has 0 aliphatic carbocycles. The van der Waals surface area contributed by atoms with E-state index < -0.39 is 29.5 Å². The zero-order valence-corrected chi connectivity index (χ0v) is 16.8. The molecular weight excluding hydrogens is 441 g/mol. The quantitative estimate of drug-likeness (QED) is 0.524. The van der Waals surface area contributed by atoms with Crippen molar-refractivity contribution in [1.29, 1.82) is 0 Å². The number of methoxy groups -OCH3 is 1. The summed E-state index contributed by atoms with van der Waals surface area (Å²) < 4.78 is 43.2. The van der Waals surface area contributed by atoms with Gasteiger partial charge in [0.15, 0.2) is 0 Å². The molecular formula is C19H13F3N2O4S2. The minimum absolute atomic E-state index is 0.101. The largest absolute Gasteiger partial charge is 0.465 e. The van der Waals surface area contributed by atoms with Gasteiger partial charge in [-0.2, -0.15) is 13.2 Å². The van der Waals surface area contributed by atoms with Gasteiger partial charge in [-0.1, -0.05) is 6.07 Å². The number of benzene rings is 1. The molecule has 30 heavy (non-hydrogen) atoms. The maximum absolute atomic E-state index is 12.9. The van der Waals surface area contributed by atoms with Crippen LogP contribution in [-0.4, -0.2) is 24.9 Å². The number of halogens is 3. The molecule has 0 aliphatic heterocycles. The number of carbonyl (C=O) groups is 3. The van der Waals surface area contributed by atoms with Crippen molar-refractivity contribution in [1.82, 2.24) is 0 Å². The van der Waals surface area contributed by atoms with Crippen LogP contribution in [0.1, 0.15) is 36.6 Å².